The van der Waals surface area contributed by atoms with Crippen molar-refractivity contribution in [1.29, 1.82) is 0 Å². The summed E-state index contributed by atoms with van der Waals surface area (Å²) in [5, 5.41) is 8.18. The molecule has 3 nitrogen and oxygen atoms in total. The van der Waals surface area contributed by atoms with Crippen LogP contribution in [0, 0.1) is 0 Å². The lowest BCUT2D eigenvalue weighted by Gasteiger charge is -1.75. The summed E-state index contributed by atoms with van der Waals surface area (Å²) < 4.78 is 4.61. The quantitative estimate of drug-likeness (QED) is 0.407. The summed E-state index contributed by atoms with van der Waals surface area (Å²) in [4.78, 5) is 9.96. The van der Waals surface area contributed by atoms with E-state index in [2.05, 4.69) is 11.3 Å². The lowest BCUT2D eigenvalue weighted by molar-refractivity contribution is -0.138. The SMILES string of the molecule is C=C[C@H]1O[C@H]1C(=O)O. The Morgan fingerprint density at radius 1 is 1.88 bits per heavy atom. The van der Waals surface area contributed by atoms with Gasteiger partial charge < -0.3 is 9.84 Å². The van der Waals surface area contributed by atoms with Crippen molar-refractivity contribution in [3.63, 3.8) is 0 Å². The first kappa shape index (κ1) is 5.31. The first-order valence-electron chi connectivity index (χ1n) is 2.26. The van der Waals surface area contributed by atoms with Gasteiger partial charge in [0.2, 0.25) is 0 Å². The van der Waals surface area contributed by atoms with Gasteiger partial charge in [-0.1, -0.05) is 6.08 Å². The van der Waals surface area contributed by atoms with Gasteiger partial charge in [0.1, 0.15) is 6.10 Å². The Bertz CT molecular complexity index is 130. The molecule has 0 aromatic heterocycles. The molecule has 0 aromatic rings. The number of carboxylic acid groups (broad SMARTS) is 1. The zero-order chi connectivity index (χ0) is 6.15. The molecule has 0 aliphatic carbocycles. The molecule has 3 heteroatoms. The Kier molecular flexibility index (Phi) is 1.06. The molecule has 1 saturated heterocycles. The van der Waals surface area contributed by atoms with Gasteiger partial charge in [0, 0.05) is 0 Å². The standard InChI is InChI=1S/C5H6O3/c1-2-3-4(8-3)5(6)7/h2-4H,1H2,(H,6,7)/t3-,4-/m1/s1. The maximum Gasteiger partial charge on any atom is 0.335 e. The van der Waals surface area contributed by atoms with Gasteiger partial charge in [-0.15, -0.1) is 6.58 Å². The second kappa shape index (κ2) is 1.59. The van der Waals surface area contributed by atoms with Crippen LogP contribution in [0.5, 0.6) is 0 Å². The number of ether oxygens (including phenoxy) is 1. The minimum Gasteiger partial charge on any atom is -0.479 e. The van der Waals surface area contributed by atoms with Crippen LogP contribution in [-0.4, -0.2) is 23.3 Å². The van der Waals surface area contributed by atoms with E-state index < -0.39 is 12.1 Å². The molecular weight excluding hydrogens is 108 g/mol. The van der Waals surface area contributed by atoms with E-state index in [-0.39, 0.29) is 6.10 Å². The van der Waals surface area contributed by atoms with E-state index in [0.717, 1.165) is 0 Å². The largest absolute Gasteiger partial charge is 0.479 e. The first-order valence-corrected chi connectivity index (χ1v) is 2.26. The fourth-order valence-electron chi connectivity index (χ4n) is 0.502. The molecule has 44 valence electrons. The summed E-state index contributed by atoms with van der Waals surface area (Å²) in [5.74, 6) is -0.908. The highest BCUT2D eigenvalue weighted by molar-refractivity contribution is 5.76. The van der Waals surface area contributed by atoms with Gasteiger partial charge in [0.25, 0.3) is 0 Å². The molecule has 0 aromatic carbocycles. The maximum absolute atomic E-state index is 9.96. The average Bonchev–Trinajstić information content (AvgIpc) is 2.42. The molecule has 1 heterocycles. The van der Waals surface area contributed by atoms with Crippen molar-refractivity contribution in [1.82, 2.24) is 0 Å². The predicted octanol–water partition coefficient (Wildman–Crippen LogP) is 0.0244. The normalized spacial score (nSPS) is 34.0. The predicted molar refractivity (Wildman–Crippen MR) is 26.5 cm³/mol. The van der Waals surface area contributed by atoms with Gasteiger partial charge in [-0.05, 0) is 0 Å². The number of epoxide rings is 1. The molecule has 0 saturated carbocycles. The molecule has 1 N–H and O–H groups in total. The van der Waals surface area contributed by atoms with Gasteiger partial charge in [0.15, 0.2) is 6.10 Å². The topological polar surface area (TPSA) is 49.8 Å². The van der Waals surface area contributed by atoms with Gasteiger partial charge in [-0.2, -0.15) is 0 Å². The number of aliphatic carboxylic acids is 1. The zero-order valence-corrected chi connectivity index (χ0v) is 4.20. The molecule has 1 rings (SSSR count). The summed E-state index contributed by atoms with van der Waals surface area (Å²) >= 11 is 0. The van der Waals surface area contributed by atoms with Crippen molar-refractivity contribution in [2.45, 2.75) is 12.2 Å². The fourth-order valence-corrected chi connectivity index (χ4v) is 0.502. The van der Waals surface area contributed by atoms with Crippen LogP contribution in [0.1, 0.15) is 0 Å². The van der Waals surface area contributed by atoms with Crippen molar-refractivity contribution >= 4 is 5.97 Å². The van der Waals surface area contributed by atoms with E-state index in [0.29, 0.717) is 0 Å². The second-order valence-electron chi connectivity index (χ2n) is 1.60. The second-order valence-corrected chi connectivity index (χ2v) is 1.60. The third-order valence-electron chi connectivity index (χ3n) is 1.00. The van der Waals surface area contributed by atoms with Crippen molar-refractivity contribution in [2.24, 2.45) is 0 Å². The van der Waals surface area contributed by atoms with Crippen molar-refractivity contribution in [3.05, 3.63) is 12.7 Å². The van der Waals surface area contributed by atoms with E-state index in [1.165, 1.54) is 6.08 Å². The van der Waals surface area contributed by atoms with E-state index in [1.807, 2.05) is 0 Å². The minimum atomic E-state index is -0.908. The van der Waals surface area contributed by atoms with Crippen LogP contribution in [0.15, 0.2) is 12.7 Å². The van der Waals surface area contributed by atoms with Gasteiger partial charge >= 0.3 is 5.97 Å². The van der Waals surface area contributed by atoms with Crippen molar-refractivity contribution in [3.8, 4) is 0 Å². The van der Waals surface area contributed by atoms with Crippen LogP contribution < -0.4 is 0 Å². The molecule has 8 heavy (non-hydrogen) atoms. The third-order valence-corrected chi connectivity index (χ3v) is 1.00. The summed E-state index contributed by atoms with van der Waals surface area (Å²) in [6.45, 7) is 3.37. The average molecular weight is 114 g/mol. The summed E-state index contributed by atoms with van der Waals surface area (Å²) in [5.41, 5.74) is 0. The number of hydrogen-bond donors (Lipinski definition) is 1. The van der Waals surface area contributed by atoms with Crippen LogP contribution in [0.4, 0.5) is 0 Å². The van der Waals surface area contributed by atoms with E-state index in [9.17, 15) is 4.79 Å². The molecule has 0 unspecified atom stereocenters. The highest BCUT2D eigenvalue weighted by Crippen LogP contribution is 2.22. The Morgan fingerprint density at radius 3 is 2.62 bits per heavy atom. The molecular formula is C5H6O3. The molecule has 0 bridgehead atoms. The summed E-state index contributed by atoms with van der Waals surface area (Å²) in [6.07, 6.45) is 0.624. The van der Waals surface area contributed by atoms with Crippen LogP contribution in [-0.2, 0) is 9.53 Å². The summed E-state index contributed by atoms with van der Waals surface area (Å²) in [6, 6.07) is 0. The number of carbonyl (C=O) groups is 1. The van der Waals surface area contributed by atoms with Crippen molar-refractivity contribution in [2.75, 3.05) is 0 Å². The summed E-state index contributed by atoms with van der Waals surface area (Å²) in [7, 11) is 0. The number of hydrogen-bond acceptors (Lipinski definition) is 2. The third kappa shape index (κ3) is 0.721. The molecule has 0 radical (unpaired) electrons. The van der Waals surface area contributed by atoms with E-state index in [4.69, 9.17) is 5.11 Å². The Labute approximate surface area is 46.6 Å². The lowest BCUT2D eigenvalue weighted by Crippen LogP contribution is -2.05. The van der Waals surface area contributed by atoms with Crippen LogP contribution in [0.3, 0.4) is 0 Å². The highest BCUT2D eigenvalue weighted by Gasteiger charge is 2.42. The van der Waals surface area contributed by atoms with Crippen molar-refractivity contribution < 1.29 is 14.6 Å². The Morgan fingerprint density at radius 2 is 2.50 bits per heavy atom. The molecule has 1 aliphatic rings. The molecule has 1 fully saturated rings. The van der Waals surface area contributed by atoms with E-state index >= 15 is 0 Å². The Balaban J connectivity index is 2.36. The zero-order valence-electron chi connectivity index (χ0n) is 4.20. The fraction of sp³-hybridized carbons (Fsp3) is 0.400. The lowest BCUT2D eigenvalue weighted by atomic mass is 10.3. The highest BCUT2D eigenvalue weighted by atomic mass is 16.6. The number of carboxylic acids is 1. The van der Waals surface area contributed by atoms with Crippen LogP contribution in [0.2, 0.25) is 0 Å². The molecule has 0 spiro atoms. The first-order chi connectivity index (χ1) is 3.75. The monoisotopic (exact) mass is 114 g/mol. The van der Waals surface area contributed by atoms with E-state index in [1.54, 1.807) is 0 Å². The molecule has 1 aliphatic heterocycles. The maximum atomic E-state index is 9.96. The van der Waals surface area contributed by atoms with Gasteiger partial charge in [-0.3, -0.25) is 0 Å². The smallest absolute Gasteiger partial charge is 0.335 e. The van der Waals surface area contributed by atoms with Crippen LogP contribution in [0.25, 0.3) is 0 Å². The molecule has 2 atom stereocenters. The van der Waals surface area contributed by atoms with Gasteiger partial charge in [-0.25, -0.2) is 4.79 Å². The van der Waals surface area contributed by atoms with Gasteiger partial charge in [0.05, 0.1) is 0 Å². The number of rotatable bonds is 2. The minimum absolute atomic E-state index is 0.243. The molecule has 0 amide bonds. The van der Waals surface area contributed by atoms with Crippen LogP contribution >= 0.6 is 0 Å². The Hall–Kier alpha value is -0.830.